The molecule has 1 aliphatic rings. The summed E-state index contributed by atoms with van der Waals surface area (Å²) in [5.74, 6) is -2.74. The second-order valence-electron chi connectivity index (χ2n) is 7.09. The topological polar surface area (TPSA) is 96.3 Å². The number of morpholine rings is 1. The molecule has 0 amide bonds. The smallest absolute Gasteiger partial charge is 0.489 e. The van der Waals surface area contributed by atoms with Gasteiger partial charge in [-0.05, 0) is 35.4 Å². The Labute approximate surface area is 193 Å². The molecule has 1 saturated heterocycles. The Bertz CT molecular complexity index is 923. The average molecular weight is 490 g/mol. The Hall–Kier alpha value is -2.82. The molecule has 3 rings (SSSR count). The fraction of sp³-hybridized carbons (Fsp3) is 0.364. The molecule has 2 aromatic rings. The van der Waals surface area contributed by atoms with Crippen LogP contribution in [-0.4, -0.2) is 59.5 Å². The molecular weight excluding hydrogens is 467 g/mol. The third kappa shape index (κ3) is 9.68. The number of ether oxygens (including phenoxy) is 2. The second-order valence-corrected chi connectivity index (χ2v) is 7.53. The van der Waals surface area contributed by atoms with Crippen LogP contribution in [0, 0.1) is 0 Å². The molecule has 1 aliphatic heterocycles. The van der Waals surface area contributed by atoms with E-state index in [0.29, 0.717) is 31.3 Å². The van der Waals surface area contributed by atoms with E-state index in [9.17, 15) is 18.0 Å². The summed E-state index contributed by atoms with van der Waals surface area (Å²) in [6.45, 7) is 3.09. The van der Waals surface area contributed by atoms with Crippen molar-refractivity contribution < 1.29 is 42.4 Å². The lowest BCUT2D eigenvalue weighted by Crippen LogP contribution is -2.39. The number of carboxylic acids is 2. The van der Waals surface area contributed by atoms with Crippen LogP contribution in [0.25, 0.3) is 0 Å². The Balaban J connectivity index is 0.000000479. The first-order valence-electron chi connectivity index (χ1n) is 9.87. The van der Waals surface area contributed by atoms with Gasteiger partial charge < -0.3 is 19.7 Å². The van der Waals surface area contributed by atoms with Crippen LogP contribution < -0.4 is 4.74 Å². The van der Waals surface area contributed by atoms with Gasteiger partial charge in [-0.25, -0.2) is 4.79 Å². The van der Waals surface area contributed by atoms with E-state index in [1.54, 1.807) is 0 Å². The first kappa shape index (κ1) is 26.4. The predicted molar refractivity (Wildman–Crippen MR) is 113 cm³/mol. The molecule has 2 N–H and O–H groups in total. The van der Waals surface area contributed by atoms with Crippen molar-refractivity contribution in [2.45, 2.75) is 25.3 Å². The van der Waals surface area contributed by atoms with Crippen LogP contribution in [0.2, 0.25) is 5.02 Å². The minimum Gasteiger partial charge on any atom is -0.489 e. The molecule has 0 saturated carbocycles. The molecular formula is C22H23ClF3NO6. The Morgan fingerprint density at radius 3 is 2.39 bits per heavy atom. The van der Waals surface area contributed by atoms with E-state index in [1.807, 2.05) is 48.5 Å². The van der Waals surface area contributed by atoms with Gasteiger partial charge >= 0.3 is 18.1 Å². The zero-order valence-corrected chi connectivity index (χ0v) is 18.2. The van der Waals surface area contributed by atoms with Crippen molar-refractivity contribution in [3.8, 4) is 5.75 Å². The number of hydrogen-bond acceptors (Lipinski definition) is 5. The number of hydrogen-bond donors (Lipinski definition) is 2. The molecule has 11 heteroatoms. The van der Waals surface area contributed by atoms with Gasteiger partial charge in [0.1, 0.15) is 12.4 Å². The van der Waals surface area contributed by atoms with Gasteiger partial charge in [-0.15, -0.1) is 0 Å². The number of aliphatic carboxylic acids is 2. The maximum Gasteiger partial charge on any atom is 0.490 e. The first-order valence-corrected chi connectivity index (χ1v) is 10.3. The van der Waals surface area contributed by atoms with E-state index in [-0.39, 0.29) is 12.5 Å². The number of carbonyl (C=O) groups is 2. The average Bonchev–Trinajstić information content (AvgIpc) is 2.77. The van der Waals surface area contributed by atoms with E-state index < -0.39 is 18.1 Å². The number of halogens is 4. The highest BCUT2D eigenvalue weighted by molar-refractivity contribution is 6.30. The van der Waals surface area contributed by atoms with E-state index in [4.69, 9.17) is 36.1 Å². The van der Waals surface area contributed by atoms with Crippen molar-refractivity contribution in [2.75, 3.05) is 26.2 Å². The van der Waals surface area contributed by atoms with Gasteiger partial charge in [-0.1, -0.05) is 35.9 Å². The molecule has 0 aromatic heterocycles. The lowest BCUT2D eigenvalue weighted by molar-refractivity contribution is -0.192. The molecule has 0 radical (unpaired) electrons. The maximum atomic E-state index is 10.7. The molecule has 180 valence electrons. The van der Waals surface area contributed by atoms with Gasteiger partial charge in [-0.3, -0.25) is 9.69 Å². The molecule has 1 atom stereocenters. The lowest BCUT2D eigenvalue weighted by Gasteiger charge is -2.32. The van der Waals surface area contributed by atoms with Crippen molar-refractivity contribution in [2.24, 2.45) is 0 Å². The fourth-order valence-corrected chi connectivity index (χ4v) is 3.15. The molecule has 1 fully saturated rings. The molecule has 0 spiro atoms. The summed E-state index contributed by atoms with van der Waals surface area (Å²) < 4.78 is 43.4. The Kier molecular flexibility index (Phi) is 9.95. The van der Waals surface area contributed by atoms with Crippen molar-refractivity contribution >= 4 is 23.5 Å². The van der Waals surface area contributed by atoms with Crippen LogP contribution in [0.4, 0.5) is 13.2 Å². The summed E-state index contributed by atoms with van der Waals surface area (Å²) in [5, 5.41) is 16.6. The van der Waals surface area contributed by atoms with Crippen LogP contribution in [0.3, 0.4) is 0 Å². The van der Waals surface area contributed by atoms with Crippen molar-refractivity contribution in [1.29, 1.82) is 0 Å². The number of rotatable bonds is 7. The number of nitrogens with zero attached hydrogens (tertiary/aromatic N) is 1. The van der Waals surface area contributed by atoms with E-state index in [1.165, 1.54) is 0 Å². The standard InChI is InChI=1S/C20H22ClNO4.C2HF3O2/c21-17-3-1-2-15(12-17)14-26-18-6-4-16(5-7-18)19-13-22(10-11-25-19)9-8-20(23)24;3-2(4,5)1(6)7/h1-7,12,19H,8-11,13-14H2,(H,23,24);(H,6,7). The third-order valence-corrected chi connectivity index (χ3v) is 4.82. The van der Waals surface area contributed by atoms with Crippen molar-refractivity contribution in [3.63, 3.8) is 0 Å². The first-order chi connectivity index (χ1) is 15.5. The highest BCUT2D eigenvalue weighted by Gasteiger charge is 2.38. The number of benzene rings is 2. The Morgan fingerprint density at radius 1 is 1.15 bits per heavy atom. The number of carboxylic acid groups (broad SMARTS) is 2. The summed E-state index contributed by atoms with van der Waals surface area (Å²) in [6, 6.07) is 15.5. The molecule has 7 nitrogen and oxygen atoms in total. The summed E-state index contributed by atoms with van der Waals surface area (Å²) in [7, 11) is 0. The van der Waals surface area contributed by atoms with Gasteiger partial charge in [-0.2, -0.15) is 13.2 Å². The number of alkyl halides is 3. The SMILES string of the molecule is O=C(O)C(F)(F)F.O=C(O)CCN1CCOC(c2ccc(OCc3cccc(Cl)c3)cc2)C1. The summed E-state index contributed by atoms with van der Waals surface area (Å²) in [6.07, 6.45) is -4.97. The summed E-state index contributed by atoms with van der Waals surface area (Å²) >= 11 is 5.98. The fourth-order valence-electron chi connectivity index (χ4n) is 2.93. The molecule has 2 aromatic carbocycles. The van der Waals surface area contributed by atoms with Crippen molar-refractivity contribution in [3.05, 3.63) is 64.7 Å². The molecule has 1 heterocycles. The van der Waals surface area contributed by atoms with Gasteiger partial charge in [0.25, 0.3) is 0 Å². The maximum absolute atomic E-state index is 10.7. The molecule has 1 unspecified atom stereocenters. The van der Waals surface area contributed by atoms with Crippen LogP contribution in [0.15, 0.2) is 48.5 Å². The minimum absolute atomic E-state index is 0.0421. The van der Waals surface area contributed by atoms with E-state index in [2.05, 4.69) is 4.90 Å². The van der Waals surface area contributed by atoms with Gasteiger partial charge in [0.15, 0.2) is 0 Å². The van der Waals surface area contributed by atoms with E-state index >= 15 is 0 Å². The molecule has 33 heavy (non-hydrogen) atoms. The van der Waals surface area contributed by atoms with E-state index in [0.717, 1.165) is 23.4 Å². The minimum atomic E-state index is -5.08. The second kappa shape index (κ2) is 12.4. The molecule has 0 bridgehead atoms. The largest absolute Gasteiger partial charge is 0.490 e. The normalized spacial score (nSPS) is 16.4. The lowest BCUT2D eigenvalue weighted by atomic mass is 10.1. The van der Waals surface area contributed by atoms with Gasteiger partial charge in [0, 0.05) is 24.7 Å². The highest BCUT2D eigenvalue weighted by atomic mass is 35.5. The molecule has 0 aliphatic carbocycles. The van der Waals surface area contributed by atoms with Gasteiger partial charge in [0.2, 0.25) is 0 Å². The van der Waals surface area contributed by atoms with Crippen LogP contribution >= 0.6 is 11.6 Å². The van der Waals surface area contributed by atoms with Crippen molar-refractivity contribution in [1.82, 2.24) is 4.90 Å². The zero-order chi connectivity index (χ0) is 24.4. The van der Waals surface area contributed by atoms with Crippen LogP contribution in [0.5, 0.6) is 5.75 Å². The predicted octanol–water partition coefficient (Wildman–Crippen LogP) is 4.40. The zero-order valence-electron chi connectivity index (χ0n) is 17.4. The highest BCUT2D eigenvalue weighted by Crippen LogP contribution is 2.25. The van der Waals surface area contributed by atoms with Crippen LogP contribution in [-0.2, 0) is 20.9 Å². The monoisotopic (exact) mass is 489 g/mol. The van der Waals surface area contributed by atoms with Crippen LogP contribution in [0.1, 0.15) is 23.7 Å². The Morgan fingerprint density at radius 2 is 1.82 bits per heavy atom. The quantitative estimate of drug-likeness (QED) is 0.595. The van der Waals surface area contributed by atoms with Gasteiger partial charge in [0.05, 0.1) is 19.1 Å². The summed E-state index contributed by atoms with van der Waals surface area (Å²) in [4.78, 5) is 21.8. The summed E-state index contributed by atoms with van der Waals surface area (Å²) in [5.41, 5.74) is 2.09. The third-order valence-electron chi connectivity index (χ3n) is 4.58.